The lowest BCUT2D eigenvalue weighted by Crippen LogP contribution is -2.31. The number of nitrogens with zero attached hydrogens (tertiary/aromatic N) is 5. The molecule has 0 aliphatic heterocycles. The summed E-state index contributed by atoms with van der Waals surface area (Å²) < 4.78 is 13.3. The van der Waals surface area contributed by atoms with Gasteiger partial charge in [0.05, 0.1) is 27.8 Å². The molecule has 4 heterocycles. The van der Waals surface area contributed by atoms with Gasteiger partial charge in [-0.1, -0.05) is 144 Å². The van der Waals surface area contributed by atoms with Crippen LogP contribution in [0.5, 0.6) is 11.5 Å². The van der Waals surface area contributed by atoms with E-state index in [4.69, 9.17) is 14.7 Å². The van der Waals surface area contributed by atoms with Crippen LogP contribution >= 0.6 is 0 Å². The molecule has 0 saturated heterocycles. The van der Waals surface area contributed by atoms with Crippen molar-refractivity contribution in [3.8, 4) is 39.9 Å². The predicted octanol–water partition coefficient (Wildman–Crippen LogP) is 14.2. The van der Waals surface area contributed by atoms with Gasteiger partial charge in [-0.25, -0.2) is 4.98 Å². The Labute approximate surface area is 372 Å². The molecular weight excluding hydrogens is 771 g/mol. The van der Waals surface area contributed by atoms with Crippen LogP contribution in [0, 0.1) is 6.33 Å². The van der Waals surface area contributed by atoms with Crippen molar-refractivity contribution in [1.29, 1.82) is 0 Å². The number of para-hydroxylation sites is 1. The first-order chi connectivity index (χ1) is 29.7. The summed E-state index contributed by atoms with van der Waals surface area (Å²) in [5, 5.41) is 2.31. The molecule has 0 bridgehead atoms. The molecule has 6 nitrogen and oxygen atoms in total. The SMILES string of the molecule is CC(C)(C)c1cccc(-c2ccc3c(c2)n(-c2cc(Oc4ccc5c6ccccc6n(-c6cc(C(C)(C)C)ccn6)c5c4)ccn2)[c-][n+]3-c2cc(C(C)(C)C)cc(C(C)(C)C)c2)c1. The van der Waals surface area contributed by atoms with Gasteiger partial charge in [0.25, 0.3) is 6.33 Å². The third-order valence-corrected chi connectivity index (χ3v) is 12.3. The summed E-state index contributed by atoms with van der Waals surface area (Å²) in [4.78, 5) is 9.84. The van der Waals surface area contributed by atoms with Crippen LogP contribution in [-0.4, -0.2) is 19.1 Å². The molecule has 318 valence electrons. The fourth-order valence-electron chi connectivity index (χ4n) is 8.41. The summed E-state index contributed by atoms with van der Waals surface area (Å²) in [5.74, 6) is 2.99. The summed E-state index contributed by atoms with van der Waals surface area (Å²) in [7, 11) is 0. The van der Waals surface area contributed by atoms with E-state index in [9.17, 15) is 0 Å². The molecule has 6 heteroatoms. The van der Waals surface area contributed by atoms with Gasteiger partial charge in [0, 0.05) is 35.3 Å². The summed E-state index contributed by atoms with van der Waals surface area (Å²) in [6, 6.07) is 45.7. The van der Waals surface area contributed by atoms with Crippen LogP contribution in [0.3, 0.4) is 0 Å². The Morgan fingerprint density at radius 2 is 1.08 bits per heavy atom. The summed E-state index contributed by atoms with van der Waals surface area (Å²) in [6.45, 7) is 27.2. The van der Waals surface area contributed by atoms with Crippen molar-refractivity contribution in [3.63, 3.8) is 0 Å². The Kier molecular flexibility index (Phi) is 10.0. The molecule has 0 atom stereocenters. The molecule has 4 aromatic heterocycles. The van der Waals surface area contributed by atoms with Crippen LogP contribution in [0.25, 0.3) is 61.3 Å². The van der Waals surface area contributed by atoms with E-state index in [-0.39, 0.29) is 21.7 Å². The lowest BCUT2D eigenvalue weighted by molar-refractivity contribution is -0.572. The van der Waals surface area contributed by atoms with E-state index in [1.165, 1.54) is 33.2 Å². The molecule has 0 spiro atoms. The number of ether oxygens (including phenoxy) is 1. The summed E-state index contributed by atoms with van der Waals surface area (Å²) >= 11 is 0. The monoisotopic (exact) mass is 829 g/mol. The van der Waals surface area contributed by atoms with Gasteiger partial charge >= 0.3 is 0 Å². The molecule has 0 aliphatic rings. The van der Waals surface area contributed by atoms with Crippen molar-refractivity contribution in [2.24, 2.45) is 0 Å². The van der Waals surface area contributed by atoms with Crippen molar-refractivity contribution < 1.29 is 9.30 Å². The third-order valence-electron chi connectivity index (χ3n) is 12.3. The van der Waals surface area contributed by atoms with Crippen molar-refractivity contribution in [2.45, 2.75) is 105 Å². The maximum absolute atomic E-state index is 6.75. The molecule has 9 rings (SSSR count). The van der Waals surface area contributed by atoms with E-state index < -0.39 is 0 Å². The van der Waals surface area contributed by atoms with Crippen LogP contribution in [-0.2, 0) is 21.7 Å². The highest BCUT2D eigenvalue weighted by atomic mass is 16.5. The fraction of sp³-hybridized carbons (Fsp3) is 0.281. The van der Waals surface area contributed by atoms with Crippen molar-refractivity contribution in [1.82, 2.24) is 19.1 Å². The second-order valence-electron chi connectivity index (χ2n) is 21.2. The van der Waals surface area contributed by atoms with Gasteiger partial charge in [-0.3, -0.25) is 18.7 Å². The number of hydrogen-bond donors (Lipinski definition) is 0. The van der Waals surface area contributed by atoms with Crippen LogP contribution in [0.4, 0.5) is 0 Å². The Hall–Kier alpha value is -6.53. The molecular formula is C57H59N5O. The van der Waals surface area contributed by atoms with E-state index in [2.05, 4.69) is 218 Å². The zero-order valence-electron chi connectivity index (χ0n) is 38.9. The first kappa shape index (κ1) is 41.8. The lowest BCUT2D eigenvalue weighted by Gasteiger charge is -2.26. The fourth-order valence-corrected chi connectivity index (χ4v) is 8.41. The molecule has 9 aromatic rings. The van der Waals surface area contributed by atoms with E-state index in [1.54, 1.807) is 0 Å². The third kappa shape index (κ3) is 8.04. The van der Waals surface area contributed by atoms with Gasteiger partial charge < -0.3 is 4.74 Å². The van der Waals surface area contributed by atoms with Crippen LogP contribution in [0.1, 0.15) is 105 Å². The minimum Gasteiger partial charge on any atom is -0.458 e. The largest absolute Gasteiger partial charge is 0.458 e. The first-order valence-corrected chi connectivity index (χ1v) is 22.1. The van der Waals surface area contributed by atoms with Gasteiger partial charge in [0.1, 0.15) is 17.3 Å². The number of hydrogen-bond acceptors (Lipinski definition) is 3. The lowest BCUT2D eigenvalue weighted by atomic mass is 9.80. The maximum atomic E-state index is 6.75. The molecule has 0 amide bonds. The van der Waals surface area contributed by atoms with Gasteiger partial charge in [-0.2, -0.15) is 0 Å². The van der Waals surface area contributed by atoms with Gasteiger partial charge in [-0.05, 0) is 110 Å². The molecule has 0 fully saturated rings. The zero-order valence-corrected chi connectivity index (χ0v) is 38.9. The highest BCUT2D eigenvalue weighted by Gasteiger charge is 2.24. The minimum atomic E-state index is -0.0439. The molecule has 0 unspecified atom stereocenters. The number of pyridine rings is 2. The van der Waals surface area contributed by atoms with Gasteiger partial charge in [-0.15, -0.1) is 0 Å². The second kappa shape index (κ2) is 15.1. The van der Waals surface area contributed by atoms with Crippen molar-refractivity contribution >= 4 is 32.8 Å². The summed E-state index contributed by atoms with van der Waals surface area (Å²) in [6.07, 6.45) is 7.50. The van der Waals surface area contributed by atoms with E-state index >= 15 is 0 Å². The Morgan fingerprint density at radius 3 is 1.79 bits per heavy atom. The van der Waals surface area contributed by atoms with E-state index in [1.807, 2.05) is 24.5 Å². The molecule has 0 aliphatic carbocycles. The molecule has 0 N–H and O–H groups in total. The zero-order chi connectivity index (χ0) is 44.6. The van der Waals surface area contributed by atoms with Crippen molar-refractivity contribution in [2.75, 3.05) is 0 Å². The average molecular weight is 830 g/mol. The Morgan fingerprint density at radius 1 is 0.460 bits per heavy atom. The topological polar surface area (TPSA) is 48.8 Å². The number of aromatic nitrogens is 5. The highest BCUT2D eigenvalue weighted by molar-refractivity contribution is 6.09. The quantitative estimate of drug-likeness (QED) is 0.124. The van der Waals surface area contributed by atoms with Gasteiger partial charge in [0.2, 0.25) is 0 Å². The first-order valence-electron chi connectivity index (χ1n) is 22.1. The smallest absolute Gasteiger partial charge is 0.271 e. The highest BCUT2D eigenvalue weighted by Crippen LogP contribution is 2.37. The van der Waals surface area contributed by atoms with Crippen LogP contribution in [0.15, 0.2) is 140 Å². The van der Waals surface area contributed by atoms with Gasteiger partial charge in [0.15, 0.2) is 5.82 Å². The maximum Gasteiger partial charge on any atom is 0.271 e. The standard InChI is InChI=1S/C57H59N5O/c1-54(2,3)39-17-15-16-37(28-39)38-20-23-49-51(29-38)61(36-60(49)43-31-41(56(7,8)9)30-42(32-43)57(10,11)12)52-35-45(25-27-58-52)63-44-21-22-47-46-18-13-14-19-48(46)62(50(47)34-44)53-33-40(24-26-59-53)55(4,5)6/h13-35H,1-12H3. The molecule has 0 radical (unpaired) electrons. The van der Waals surface area contributed by atoms with Crippen molar-refractivity contribution in [3.05, 3.63) is 168 Å². The normalized spacial score (nSPS) is 12.8. The summed E-state index contributed by atoms with van der Waals surface area (Å²) in [5.41, 5.74) is 12.5. The number of fused-ring (bicyclic) bond motifs is 4. The number of benzene rings is 5. The van der Waals surface area contributed by atoms with Crippen LogP contribution < -0.4 is 9.30 Å². The Balaban J connectivity index is 1.18. The van der Waals surface area contributed by atoms with Crippen LogP contribution in [0.2, 0.25) is 0 Å². The second-order valence-corrected chi connectivity index (χ2v) is 21.2. The molecule has 0 saturated carbocycles. The minimum absolute atomic E-state index is 0.0176. The van der Waals surface area contributed by atoms with E-state index in [0.717, 1.165) is 50.3 Å². The van der Waals surface area contributed by atoms with E-state index in [0.29, 0.717) is 11.6 Å². The predicted molar refractivity (Wildman–Crippen MR) is 260 cm³/mol. The molecule has 5 aromatic carbocycles. The average Bonchev–Trinajstić information content (AvgIpc) is 3.78. The number of rotatable bonds is 6. The molecule has 63 heavy (non-hydrogen) atoms. The Bertz CT molecular complexity index is 3160. The number of imidazole rings is 1.